The molecule has 0 aliphatic carbocycles. The van der Waals surface area contributed by atoms with Gasteiger partial charge in [0.05, 0.1) is 12.3 Å². The number of nitrogens with zero attached hydrogens (tertiary/aromatic N) is 2. The molecule has 0 bridgehead atoms. The van der Waals surface area contributed by atoms with E-state index in [9.17, 15) is 0 Å². The molecule has 1 aromatic heterocycles. The van der Waals surface area contributed by atoms with Crippen LogP contribution >= 0.6 is 0 Å². The molecule has 1 heterocycles. The van der Waals surface area contributed by atoms with Crippen molar-refractivity contribution in [3.05, 3.63) is 5.69 Å². The summed E-state index contributed by atoms with van der Waals surface area (Å²) in [4.78, 5) is 0. The maximum absolute atomic E-state index is 5.91. The number of nitrogen functional groups attached to an aromatic ring is 1. The third-order valence-corrected chi connectivity index (χ3v) is 2.11. The summed E-state index contributed by atoms with van der Waals surface area (Å²) in [7, 11) is 0. The predicted octanol–water partition coefficient (Wildman–Crippen LogP) is 2.22. The quantitative estimate of drug-likeness (QED) is 0.812. The van der Waals surface area contributed by atoms with Gasteiger partial charge in [0, 0.05) is 6.54 Å². The number of hydrogen-bond acceptors (Lipinski definition) is 3. The zero-order valence-electron chi connectivity index (χ0n) is 10.1. The van der Waals surface area contributed by atoms with E-state index in [4.69, 9.17) is 10.5 Å². The van der Waals surface area contributed by atoms with Crippen molar-refractivity contribution in [3.8, 4) is 5.88 Å². The molecule has 1 aromatic rings. The lowest BCUT2D eigenvalue weighted by atomic mass is 10.2. The van der Waals surface area contributed by atoms with Gasteiger partial charge in [-0.25, -0.2) is 4.68 Å². The average molecular weight is 211 g/mol. The van der Waals surface area contributed by atoms with Gasteiger partial charge < -0.3 is 10.5 Å². The minimum atomic E-state index is 0.495. The van der Waals surface area contributed by atoms with E-state index in [-0.39, 0.29) is 0 Å². The van der Waals surface area contributed by atoms with Crippen molar-refractivity contribution < 1.29 is 4.74 Å². The molecule has 1 rings (SSSR count). The lowest BCUT2D eigenvalue weighted by molar-refractivity contribution is 0.246. The third kappa shape index (κ3) is 2.88. The van der Waals surface area contributed by atoms with Crippen LogP contribution in [0.3, 0.4) is 0 Å². The first-order chi connectivity index (χ1) is 7.06. The summed E-state index contributed by atoms with van der Waals surface area (Å²) in [5.74, 6) is 1.22. The molecule has 0 unspecified atom stereocenters. The minimum absolute atomic E-state index is 0.495. The summed E-state index contributed by atoms with van der Waals surface area (Å²) in [6, 6.07) is 0. The van der Waals surface area contributed by atoms with Crippen LogP contribution in [0.4, 0.5) is 5.69 Å². The molecule has 4 heteroatoms. The fourth-order valence-electron chi connectivity index (χ4n) is 1.34. The molecule has 0 aromatic carbocycles. The molecular weight excluding hydrogens is 190 g/mol. The smallest absolute Gasteiger partial charge is 0.236 e. The Morgan fingerprint density at radius 3 is 2.67 bits per heavy atom. The number of aryl methyl sites for hydroxylation is 2. The van der Waals surface area contributed by atoms with E-state index in [0.717, 1.165) is 24.5 Å². The van der Waals surface area contributed by atoms with Crippen molar-refractivity contribution in [2.75, 3.05) is 12.3 Å². The van der Waals surface area contributed by atoms with Crippen molar-refractivity contribution in [1.29, 1.82) is 0 Å². The van der Waals surface area contributed by atoms with Crippen molar-refractivity contribution in [2.45, 2.75) is 40.7 Å². The highest BCUT2D eigenvalue weighted by molar-refractivity contribution is 5.52. The zero-order valence-corrected chi connectivity index (χ0v) is 10.1. The average Bonchev–Trinajstić information content (AvgIpc) is 2.41. The first-order valence-electron chi connectivity index (χ1n) is 5.51. The van der Waals surface area contributed by atoms with Gasteiger partial charge >= 0.3 is 0 Å². The summed E-state index contributed by atoms with van der Waals surface area (Å²) in [5.41, 5.74) is 7.43. The Balaban J connectivity index is 2.82. The molecule has 15 heavy (non-hydrogen) atoms. The maximum Gasteiger partial charge on any atom is 0.236 e. The Morgan fingerprint density at radius 2 is 2.13 bits per heavy atom. The van der Waals surface area contributed by atoms with Crippen LogP contribution in [-0.2, 0) is 6.54 Å². The van der Waals surface area contributed by atoms with E-state index in [1.807, 2.05) is 11.6 Å². The lowest BCUT2D eigenvalue weighted by Crippen LogP contribution is -2.10. The summed E-state index contributed by atoms with van der Waals surface area (Å²) in [5, 5.41) is 4.34. The third-order valence-electron chi connectivity index (χ3n) is 2.11. The highest BCUT2D eigenvalue weighted by Gasteiger charge is 2.13. The molecule has 0 aliphatic heterocycles. The fourth-order valence-corrected chi connectivity index (χ4v) is 1.34. The Hall–Kier alpha value is -1.19. The van der Waals surface area contributed by atoms with Crippen molar-refractivity contribution in [3.63, 3.8) is 0 Å². The molecule has 0 fully saturated rings. The standard InChI is InChI=1S/C11H21N3O/c1-5-6-14-11(15-7-8(2)3)10(12)9(4)13-14/h8H,5-7,12H2,1-4H3. The molecule has 86 valence electrons. The molecular formula is C11H21N3O. The Bertz CT molecular complexity index is 318. The lowest BCUT2D eigenvalue weighted by Gasteiger charge is -2.10. The van der Waals surface area contributed by atoms with Gasteiger partial charge in [-0.3, -0.25) is 0 Å². The first-order valence-corrected chi connectivity index (χ1v) is 5.51. The molecule has 0 aliphatic rings. The summed E-state index contributed by atoms with van der Waals surface area (Å²) in [6.45, 7) is 9.78. The van der Waals surface area contributed by atoms with Crippen LogP contribution in [0.25, 0.3) is 0 Å². The predicted molar refractivity (Wildman–Crippen MR) is 62.0 cm³/mol. The van der Waals surface area contributed by atoms with E-state index < -0.39 is 0 Å². The number of aromatic nitrogens is 2. The number of anilines is 1. The fraction of sp³-hybridized carbons (Fsp3) is 0.727. The zero-order chi connectivity index (χ0) is 11.4. The highest BCUT2D eigenvalue weighted by Crippen LogP contribution is 2.25. The molecule has 0 radical (unpaired) electrons. The SMILES string of the molecule is CCCn1nc(C)c(N)c1OCC(C)C. The van der Waals surface area contributed by atoms with Gasteiger partial charge in [-0.2, -0.15) is 5.10 Å². The molecule has 0 saturated carbocycles. The van der Waals surface area contributed by atoms with Crippen molar-refractivity contribution in [2.24, 2.45) is 5.92 Å². The Labute approximate surface area is 91.4 Å². The second-order valence-corrected chi connectivity index (χ2v) is 4.23. The Kier molecular flexibility index (Phi) is 4.00. The molecule has 0 saturated heterocycles. The number of hydrogen-bond donors (Lipinski definition) is 1. The maximum atomic E-state index is 5.91. The van der Waals surface area contributed by atoms with Crippen LogP contribution < -0.4 is 10.5 Å². The van der Waals surface area contributed by atoms with Gasteiger partial charge in [-0.1, -0.05) is 20.8 Å². The summed E-state index contributed by atoms with van der Waals surface area (Å²) >= 11 is 0. The molecule has 0 amide bonds. The van der Waals surface area contributed by atoms with Gasteiger partial charge in [-0.15, -0.1) is 0 Å². The number of ether oxygens (including phenoxy) is 1. The van der Waals surface area contributed by atoms with Crippen molar-refractivity contribution >= 4 is 5.69 Å². The second-order valence-electron chi connectivity index (χ2n) is 4.23. The first kappa shape index (κ1) is 11.9. The minimum Gasteiger partial charge on any atom is -0.476 e. The van der Waals surface area contributed by atoms with Crippen LogP contribution in [0, 0.1) is 12.8 Å². The summed E-state index contributed by atoms with van der Waals surface area (Å²) < 4.78 is 7.53. The van der Waals surface area contributed by atoms with Gasteiger partial charge in [0.1, 0.15) is 5.69 Å². The highest BCUT2D eigenvalue weighted by atomic mass is 16.5. The van der Waals surface area contributed by atoms with Gasteiger partial charge in [0.15, 0.2) is 0 Å². The molecule has 4 nitrogen and oxygen atoms in total. The van der Waals surface area contributed by atoms with E-state index in [1.54, 1.807) is 0 Å². The van der Waals surface area contributed by atoms with E-state index >= 15 is 0 Å². The topological polar surface area (TPSA) is 53.1 Å². The molecule has 0 atom stereocenters. The second kappa shape index (κ2) is 5.05. The number of nitrogens with two attached hydrogens (primary N) is 1. The van der Waals surface area contributed by atoms with Crippen molar-refractivity contribution in [1.82, 2.24) is 9.78 Å². The van der Waals surface area contributed by atoms with Crippen LogP contribution in [0.2, 0.25) is 0 Å². The monoisotopic (exact) mass is 211 g/mol. The summed E-state index contributed by atoms with van der Waals surface area (Å²) in [6.07, 6.45) is 1.03. The molecule has 0 spiro atoms. The van der Waals surface area contributed by atoms with E-state index in [1.165, 1.54) is 0 Å². The van der Waals surface area contributed by atoms with E-state index in [2.05, 4.69) is 25.9 Å². The normalized spacial score (nSPS) is 11.0. The van der Waals surface area contributed by atoms with Crippen LogP contribution in [0.5, 0.6) is 5.88 Å². The van der Waals surface area contributed by atoms with Gasteiger partial charge in [0.25, 0.3) is 0 Å². The van der Waals surface area contributed by atoms with Gasteiger partial charge in [0.2, 0.25) is 5.88 Å². The van der Waals surface area contributed by atoms with Crippen LogP contribution in [0.15, 0.2) is 0 Å². The Morgan fingerprint density at radius 1 is 1.47 bits per heavy atom. The van der Waals surface area contributed by atoms with Crippen LogP contribution in [0.1, 0.15) is 32.9 Å². The largest absolute Gasteiger partial charge is 0.476 e. The number of rotatable bonds is 5. The molecule has 2 N–H and O–H groups in total. The van der Waals surface area contributed by atoms with E-state index in [0.29, 0.717) is 18.2 Å². The van der Waals surface area contributed by atoms with Crippen LogP contribution in [-0.4, -0.2) is 16.4 Å². The van der Waals surface area contributed by atoms with Gasteiger partial charge in [-0.05, 0) is 19.3 Å².